The summed E-state index contributed by atoms with van der Waals surface area (Å²) in [6.45, 7) is 6.14. The molecule has 1 aromatic carbocycles. The van der Waals surface area contributed by atoms with Crippen LogP contribution in [0.1, 0.15) is 44.2 Å². The SMILES string of the molecule is CCCCC1(C)C(=O)Oc2cc(C)ccc21. The molecule has 0 amide bonds. The molecule has 0 saturated heterocycles. The predicted molar refractivity (Wildman–Crippen MR) is 63.7 cm³/mol. The first-order chi connectivity index (χ1) is 7.58. The molecule has 0 aromatic heterocycles. The molecule has 0 aliphatic carbocycles. The molecular formula is C14H18O2. The van der Waals surface area contributed by atoms with Crippen molar-refractivity contribution >= 4 is 5.97 Å². The van der Waals surface area contributed by atoms with Crippen LogP contribution in [0, 0.1) is 6.92 Å². The van der Waals surface area contributed by atoms with Gasteiger partial charge < -0.3 is 4.74 Å². The Hall–Kier alpha value is -1.31. The van der Waals surface area contributed by atoms with Crippen LogP contribution in [-0.4, -0.2) is 5.97 Å². The Bertz CT molecular complexity index is 423. The van der Waals surface area contributed by atoms with E-state index in [-0.39, 0.29) is 5.97 Å². The van der Waals surface area contributed by atoms with E-state index in [1.807, 2.05) is 32.0 Å². The maximum absolute atomic E-state index is 11.9. The van der Waals surface area contributed by atoms with E-state index in [1.165, 1.54) is 0 Å². The molecule has 0 N–H and O–H groups in total. The Morgan fingerprint density at radius 2 is 2.12 bits per heavy atom. The summed E-state index contributed by atoms with van der Waals surface area (Å²) in [6.07, 6.45) is 3.03. The number of hydrogen-bond donors (Lipinski definition) is 0. The molecule has 0 fully saturated rings. The van der Waals surface area contributed by atoms with Crippen molar-refractivity contribution in [1.82, 2.24) is 0 Å². The van der Waals surface area contributed by atoms with E-state index in [0.29, 0.717) is 0 Å². The highest BCUT2D eigenvalue weighted by molar-refractivity contribution is 5.90. The number of unbranched alkanes of at least 4 members (excludes halogenated alkanes) is 1. The van der Waals surface area contributed by atoms with Gasteiger partial charge >= 0.3 is 5.97 Å². The summed E-state index contributed by atoms with van der Waals surface area (Å²) in [7, 11) is 0. The van der Waals surface area contributed by atoms with Crippen LogP contribution in [0.2, 0.25) is 0 Å². The minimum absolute atomic E-state index is 0.0958. The highest BCUT2D eigenvalue weighted by Crippen LogP contribution is 2.43. The molecule has 1 heterocycles. The summed E-state index contributed by atoms with van der Waals surface area (Å²) in [4.78, 5) is 11.9. The highest BCUT2D eigenvalue weighted by atomic mass is 16.5. The molecule has 86 valence electrons. The average Bonchev–Trinajstić information content (AvgIpc) is 2.48. The van der Waals surface area contributed by atoms with Crippen molar-refractivity contribution in [1.29, 1.82) is 0 Å². The van der Waals surface area contributed by atoms with Gasteiger partial charge in [0, 0.05) is 5.56 Å². The Balaban J connectivity index is 2.39. The van der Waals surface area contributed by atoms with Crippen molar-refractivity contribution in [2.75, 3.05) is 0 Å². The van der Waals surface area contributed by atoms with Gasteiger partial charge in [0.1, 0.15) is 5.75 Å². The van der Waals surface area contributed by atoms with Crippen molar-refractivity contribution in [2.45, 2.75) is 45.4 Å². The van der Waals surface area contributed by atoms with Crippen molar-refractivity contribution in [3.63, 3.8) is 0 Å². The van der Waals surface area contributed by atoms with E-state index in [2.05, 4.69) is 6.92 Å². The van der Waals surface area contributed by atoms with E-state index in [4.69, 9.17) is 4.74 Å². The van der Waals surface area contributed by atoms with Gasteiger partial charge in [-0.1, -0.05) is 31.9 Å². The highest BCUT2D eigenvalue weighted by Gasteiger charge is 2.44. The minimum Gasteiger partial charge on any atom is -0.426 e. The van der Waals surface area contributed by atoms with Gasteiger partial charge in [0.05, 0.1) is 5.41 Å². The van der Waals surface area contributed by atoms with Crippen LogP contribution in [0.25, 0.3) is 0 Å². The second-order valence-corrected chi connectivity index (χ2v) is 4.82. The molecule has 2 nitrogen and oxygen atoms in total. The van der Waals surface area contributed by atoms with Gasteiger partial charge in [-0.15, -0.1) is 0 Å². The molecule has 2 heteroatoms. The van der Waals surface area contributed by atoms with Gasteiger partial charge in [-0.2, -0.15) is 0 Å². The smallest absolute Gasteiger partial charge is 0.321 e. The number of esters is 1. The average molecular weight is 218 g/mol. The lowest BCUT2D eigenvalue weighted by Gasteiger charge is -2.19. The van der Waals surface area contributed by atoms with Crippen LogP contribution in [-0.2, 0) is 10.2 Å². The standard InChI is InChI=1S/C14H18O2/c1-4-5-8-14(3)11-7-6-10(2)9-12(11)16-13(14)15/h6-7,9H,4-5,8H2,1-3H3. The number of benzene rings is 1. The maximum Gasteiger partial charge on any atom is 0.321 e. The van der Waals surface area contributed by atoms with Crippen LogP contribution >= 0.6 is 0 Å². The first-order valence-corrected chi connectivity index (χ1v) is 5.91. The second kappa shape index (κ2) is 3.93. The number of hydrogen-bond acceptors (Lipinski definition) is 2. The third kappa shape index (κ3) is 1.62. The summed E-state index contributed by atoms with van der Waals surface area (Å²) >= 11 is 0. The van der Waals surface area contributed by atoms with Crippen LogP contribution in [0.15, 0.2) is 18.2 Å². The molecule has 0 spiro atoms. The lowest BCUT2D eigenvalue weighted by Crippen LogP contribution is -2.30. The zero-order valence-corrected chi connectivity index (χ0v) is 10.2. The fraction of sp³-hybridized carbons (Fsp3) is 0.500. The van der Waals surface area contributed by atoms with E-state index in [1.54, 1.807) is 0 Å². The Morgan fingerprint density at radius 1 is 1.38 bits per heavy atom. The predicted octanol–water partition coefficient (Wildman–Crippen LogP) is 3.36. The monoisotopic (exact) mass is 218 g/mol. The van der Waals surface area contributed by atoms with E-state index in [0.717, 1.165) is 36.1 Å². The fourth-order valence-corrected chi connectivity index (χ4v) is 2.26. The lowest BCUT2D eigenvalue weighted by atomic mass is 9.79. The van der Waals surface area contributed by atoms with Gasteiger partial charge in [0.2, 0.25) is 0 Å². The molecule has 0 bridgehead atoms. The summed E-state index contributed by atoms with van der Waals surface area (Å²) in [5, 5.41) is 0. The molecule has 0 radical (unpaired) electrons. The van der Waals surface area contributed by atoms with E-state index >= 15 is 0 Å². The van der Waals surface area contributed by atoms with Crippen LogP contribution in [0.4, 0.5) is 0 Å². The largest absolute Gasteiger partial charge is 0.426 e. The van der Waals surface area contributed by atoms with Crippen molar-refractivity contribution in [3.05, 3.63) is 29.3 Å². The van der Waals surface area contributed by atoms with Crippen molar-refractivity contribution in [3.8, 4) is 5.75 Å². The number of carbonyl (C=O) groups is 1. The third-order valence-electron chi connectivity index (χ3n) is 3.42. The molecule has 1 atom stereocenters. The number of rotatable bonds is 3. The number of fused-ring (bicyclic) bond motifs is 1. The molecule has 1 aliphatic heterocycles. The van der Waals surface area contributed by atoms with E-state index in [9.17, 15) is 4.79 Å². The molecule has 1 aliphatic rings. The van der Waals surface area contributed by atoms with E-state index < -0.39 is 5.41 Å². The van der Waals surface area contributed by atoms with Crippen molar-refractivity contribution in [2.24, 2.45) is 0 Å². The molecule has 16 heavy (non-hydrogen) atoms. The molecule has 1 aromatic rings. The lowest BCUT2D eigenvalue weighted by molar-refractivity contribution is -0.138. The summed E-state index contributed by atoms with van der Waals surface area (Å²) in [5.41, 5.74) is 1.75. The maximum atomic E-state index is 11.9. The summed E-state index contributed by atoms with van der Waals surface area (Å²) < 4.78 is 5.36. The Labute approximate surface area is 96.6 Å². The van der Waals surface area contributed by atoms with Gasteiger partial charge in [-0.3, -0.25) is 4.79 Å². The zero-order valence-electron chi connectivity index (χ0n) is 10.2. The van der Waals surface area contributed by atoms with Gasteiger partial charge in [0.25, 0.3) is 0 Å². The third-order valence-corrected chi connectivity index (χ3v) is 3.42. The fourth-order valence-electron chi connectivity index (χ4n) is 2.26. The molecule has 0 saturated carbocycles. The summed E-state index contributed by atoms with van der Waals surface area (Å²) in [5.74, 6) is 0.658. The topological polar surface area (TPSA) is 26.3 Å². The van der Waals surface area contributed by atoms with Crippen LogP contribution < -0.4 is 4.74 Å². The van der Waals surface area contributed by atoms with Gasteiger partial charge in [-0.25, -0.2) is 0 Å². The zero-order chi connectivity index (χ0) is 11.8. The van der Waals surface area contributed by atoms with Crippen LogP contribution in [0.5, 0.6) is 5.75 Å². The Kier molecular flexibility index (Phi) is 2.75. The van der Waals surface area contributed by atoms with Crippen LogP contribution in [0.3, 0.4) is 0 Å². The Morgan fingerprint density at radius 3 is 2.81 bits per heavy atom. The normalized spacial score (nSPS) is 23.1. The second-order valence-electron chi connectivity index (χ2n) is 4.82. The number of ether oxygens (including phenoxy) is 1. The molecule has 1 unspecified atom stereocenters. The first kappa shape index (κ1) is 11.2. The minimum atomic E-state index is -0.432. The molecule has 2 rings (SSSR count). The summed E-state index contributed by atoms with van der Waals surface area (Å²) in [6, 6.07) is 6.03. The number of carbonyl (C=O) groups excluding carboxylic acids is 1. The van der Waals surface area contributed by atoms with Crippen molar-refractivity contribution < 1.29 is 9.53 Å². The number of aryl methyl sites for hydroxylation is 1. The molecular weight excluding hydrogens is 200 g/mol. The quantitative estimate of drug-likeness (QED) is 0.574. The van der Waals surface area contributed by atoms with Gasteiger partial charge in [-0.05, 0) is 31.9 Å². The van der Waals surface area contributed by atoms with Gasteiger partial charge in [0.15, 0.2) is 0 Å². The first-order valence-electron chi connectivity index (χ1n) is 5.91.